The predicted octanol–water partition coefficient (Wildman–Crippen LogP) is 3.29. The summed E-state index contributed by atoms with van der Waals surface area (Å²) in [6.45, 7) is 1.34. The van der Waals surface area contributed by atoms with Crippen LogP contribution in [0.3, 0.4) is 0 Å². The molecule has 3 amide bonds. The van der Waals surface area contributed by atoms with Crippen molar-refractivity contribution < 1.29 is 32.3 Å². The summed E-state index contributed by atoms with van der Waals surface area (Å²) in [5, 5.41) is 4.27. The van der Waals surface area contributed by atoms with Crippen molar-refractivity contribution in [3.8, 4) is 11.5 Å². The molecule has 1 aromatic heterocycles. The van der Waals surface area contributed by atoms with E-state index in [0.29, 0.717) is 22.9 Å². The Morgan fingerprint density at radius 2 is 1.79 bits per heavy atom. The minimum Gasteiger partial charge on any atom is -0.493 e. The highest BCUT2D eigenvalue weighted by Crippen LogP contribution is 2.32. The van der Waals surface area contributed by atoms with Crippen LogP contribution in [-0.4, -0.2) is 57.3 Å². The summed E-state index contributed by atoms with van der Waals surface area (Å²) < 4.78 is 39.1. The monoisotopic (exact) mass is 557 g/mol. The van der Waals surface area contributed by atoms with Crippen molar-refractivity contribution in [2.75, 3.05) is 31.0 Å². The van der Waals surface area contributed by atoms with Crippen LogP contribution in [0.2, 0.25) is 0 Å². The Hall–Kier alpha value is -3.74. The van der Waals surface area contributed by atoms with E-state index in [-0.39, 0.29) is 29.5 Å². The molecule has 1 fully saturated rings. The van der Waals surface area contributed by atoms with Gasteiger partial charge in [-0.3, -0.25) is 14.4 Å². The number of imide groups is 1. The Morgan fingerprint density at radius 1 is 1.08 bits per heavy atom. The first-order chi connectivity index (χ1) is 18.1. The molecular weight excluding hydrogens is 530 g/mol. The van der Waals surface area contributed by atoms with Gasteiger partial charge >= 0.3 is 0 Å². The fraction of sp³-hybridized carbons (Fsp3) is 0.269. The Bertz CT molecular complexity index is 1440. The Kier molecular flexibility index (Phi) is 8.14. The van der Waals surface area contributed by atoms with E-state index in [1.54, 1.807) is 41.8 Å². The summed E-state index contributed by atoms with van der Waals surface area (Å²) >= 11 is 1.04. The van der Waals surface area contributed by atoms with Crippen LogP contribution in [0.15, 0.2) is 64.2 Å². The molecule has 1 N–H and O–H groups in total. The third kappa shape index (κ3) is 5.57. The molecular formula is C26H27N3O7S2. The van der Waals surface area contributed by atoms with Gasteiger partial charge in [-0.05, 0) is 59.8 Å². The summed E-state index contributed by atoms with van der Waals surface area (Å²) in [7, 11) is -1.04. The summed E-state index contributed by atoms with van der Waals surface area (Å²) in [5.74, 6) is -0.357. The van der Waals surface area contributed by atoms with E-state index in [9.17, 15) is 22.8 Å². The van der Waals surface area contributed by atoms with E-state index in [1.807, 2.05) is 0 Å². The van der Waals surface area contributed by atoms with Gasteiger partial charge in [-0.1, -0.05) is 12.1 Å². The van der Waals surface area contributed by atoms with Gasteiger partial charge in [0.15, 0.2) is 11.5 Å². The van der Waals surface area contributed by atoms with Gasteiger partial charge in [-0.15, -0.1) is 11.3 Å². The number of anilines is 2. The van der Waals surface area contributed by atoms with E-state index in [4.69, 9.17) is 9.47 Å². The third-order valence-corrected chi connectivity index (χ3v) is 9.32. The van der Waals surface area contributed by atoms with Crippen LogP contribution in [0.25, 0.3) is 0 Å². The van der Waals surface area contributed by atoms with Crippen LogP contribution in [-0.2, 0) is 30.8 Å². The molecule has 10 nitrogen and oxygen atoms in total. The zero-order valence-electron chi connectivity index (χ0n) is 21.0. The summed E-state index contributed by atoms with van der Waals surface area (Å²) in [4.78, 5) is 38.8. The maximum absolute atomic E-state index is 13.6. The molecule has 0 saturated carbocycles. The molecule has 38 heavy (non-hydrogen) atoms. The van der Waals surface area contributed by atoms with Crippen molar-refractivity contribution in [2.45, 2.75) is 30.0 Å². The molecule has 0 aliphatic carbocycles. The quantitative estimate of drug-likeness (QED) is 0.380. The molecule has 0 bridgehead atoms. The number of nitrogens with one attached hydrogen (secondary N) is 1. The molecule has 1 unspecified atom stereocenters. The first-order valence-electron chi connectivity index (χ1n) is 11.7. The lowest BCUT2D eigenvalue weighted by Gasteiger charge is -2.26. The van der Waals surface area contributed by atoms with Gasteiger partial charge in [-0.25, -0.2) is 13.3 Å². The smallest absolute Gasteiger partial charge is 0.253 e. The van der Waals surface area contributed by atoms with Crippen molar-refractivity contribution in [1.29, 1.82) is 0 Å². The number of benzene rings is 2. The number of nitrogens with zero attached hydrogens (tertiary/aromatic N) is 2. The zero-order valence-corrected chi connectivity index (χ0v) is 22.7. The summed E-state index contributed by atoms with van der Waals surface area (Å²) in [6.07, 6.45) is -0.0167. The van der Waals surface area contributed by atoms with E-state index in [2.05, 4.69) is 5.32 Å². The lowest BCUT2D eigenvalue weighted by Crippen LogP contribution is -2.46. The van der Waals surface area contributed by atoms with Crippen molar-refractivity contribution >= 4 is 50.5 Å². The maximum atomic E-state index is 13.6. The second-order valence-electron chi connectivity index (χ2n) is 8.50. The van der Waals surface area contributed by atoms with Gasteiger partial charge < -0.3 is 14.8 Å². The number of hydrogen-bond donors (Lipinski definition) is 1. The third-order valence-electron chi connectivity index (χ3n) is 6.04. The number of sulfonamides is 1. The van der Waals surface area contributed by atoms with Gasteiger partial charge in [0, 0.05) is 19.2 Å². The van der Waals surface area contributed by atoms with Crippen LogP contribution in [0.4, 0.5) is 11.4 Å². The normalized spacial score (nSPS) is 15.7. The lowest BCUT2D eigenvalue weighted by atomic mass is 10.1. The van der Waals surface area contributed by atoms with E-state index >= 15 is 0 Å². The van der Waals surface area contributed by atoms with Gasteiger partial charge in [0.1, 0.15) is 10.3 Å². The van der Waals surface area contributed by atoms with Gasteiger partial charge in [0.2, 0.25) is 11.8 Å². The zero-order chi connectivity index (χ0) is 27.4. The van der Waals surface area contributed by atoms with Gasteiger partial charge in [-0.2, -0.15) is 4.31 Å². The molecule has 2 aromatic carbocycles. The highest BCUT2D eigenvalue weighted by molar-refractivity contribution is 7.91. The fourth-order valence-electron chi connectivity index (χ4n) is 4.25. The first kappa shape index (κ1) is 27.3. The number of carbonyl (C=O) groups is 3. The molecule has 2 heterocycles. The maximum Gasteiger partial charge on any atom is 0.253 e. The number of hydrogen-bond acceptors (Lipinski definition) is 8. The van der Waals surface area contributed by atoms with Crippen molar-refractivity contribution in [3.05, 3.63) is 65.5 Å². The molecule has 4 rings (SSSR count). The number of amides is 3. The van der Waals surface area contributed by atoms with E-state index in [1.165, 1.54) is 39.3 Å². The Balaban J connectivity index is 1.63. The van der Waals surface area contributed by atoms with Crippen molar-refractivity contribution in [2.24, 2.45) is 0 Å². The minimum absolute atomic E-state index is 0.0330. The number of rotatable bonds is 10. The highest BCUT2D eigenvalue weighted by atomic mass is 32.2. The molecule has 0 radical (unpaired) electrons. The fourth-order valence-corrected chi connectivity index (χ4v) is 6.96. The standard InChI is InChI=1S/C26H27N3O7S2/c1-17(30)27-19-7-9-20(10-8-19)29-24(31)16-21(26(29)32)28(38(33,34)25-5-4-14-37-25)13-12-18-6-11-22(35-2)23(15-18)36-3/h4-11,14-15,21H,12-13,16H2,1-3H3,(H,27,30). The lowest BCUT2D eigenvalue weighted by molar-refractivity contribution is -0.122. The topological polar surface area (TPSA) is 122 Å². The molecule has 12 heteroatoms. The van der Waals surface area contributed by atoms with E-state index < -0.39 is 27.9 Å². The number of methoxy groups -OCH3 is 2. The molecule has 1 saturated heterocycles. The number of ether oxygens (including phenoxy) is 2. The molecule has 3 aromatic rings. The molecule has 1 aliphatic rings. The SMILES string of the molecule is COc1ccc(CCN(C2CC(=O)N(c3ccc(NC(C)=O)cc3)C2=O)S(=O)(=O)c2cccs2)cc1OC. The average molecular weight is 558 g/mol. The summed E-state index contributed by atoms with van der Waals surface area (Å²) in [5.41, 5.74) is 1.58. The molecule has 1 aliphatic heterocycles. The second-order valence-corrected chi connectivity index (χ2v) is 11.6. The van der Waals surface area contributed by atoms with Crippen LogP contribution >= 0.6 is 11.3 Å². The largest absolute Gasteiger partial charge is 0.493 e. The van der Waals surface area contributed by atoms with Crippen molar-refractivity contribution in [1.82, 2.24) is 4.31 Å². The van der Waals surface area contributed by atoms with Crippen LogP contribution in [0.1, 0.15) is 18.9 Å². The number of thiophene rings is 1. The van der Waals surface area contributed by atoms with Crippen LogP contribution in [0.5, 0.6) is 11.5 Å². The Labute approximate surface area is 224 Å². The predicted molar refractivity (Wildman–Crippen MR) is 143 cm³/mol. The Morgan fingerprint density at radius 3 is 2.39 bits per heavy atom. The summed E-state index contributed by atoms with van der Waals surface area (Å²) in [6, 6.07) is 13.4. The molecule has 200 valence electrons. The van der Waals surface area contributed by atoms with Crippen molar-refractivity contribution in [3.63, 3.8) is 0 Å². The van der Waals surface area contributed by atoms with Crippen LogP contribution in [0, 0.1) is 0 Å². The number of carbonyl (C=O) groups excluding carboxylic acids is 3. The average Bonchev–Trinajstić information content (AvgIpc) is 3.53. The minimum atomic E-state index is -4.07. The van der Waals surface area contributed by atoms with Crippen LogP contribution < -0.4 is 19.7 Å². The molecule has 1 atom stereocenters. The van der Waals surface area contributed by atoms with E-state index in [0.717, 1.165) is 26.1 Å². The first-order valence-corrected chi connectivity index (χ1v) is 14.0. The van der Waals surface area contributed by atoms with Gasteiger partial charge in [0.05, 0.1) is 26.3 Å². The molecule has 0 spiro atoms. The second kappa shape index (κ2) is 11.3. The highest BCUT2D eigenvalue weighted by Gasteiger charge is 2.47. The van der Waals surface area contributed by atoms with Gasteiger partial charge in [0.25, 0.3) is 15.9 Å².